The van der Waals surface area contributed by atoms with Crippen molar-refractivity contribution >= 4 is 83.5 Å². The zero-order valence-corrected chi connectivity index (χ0v) is 23.3. The van der Waals surface area contributed by atoms with Gasteiger partial charge in [0.1, 0.15) is 0 Å². The lowest BCUT2D eigenvalue weighted by Gasteiger charge is -2.21. The smallest absolute Gasteiger partial charge is 0.0406 e. The van der Waals surface area contributed by atoms with E-state index in [2.05, 4.69) is 48.5 Å². The first-order chi connectivity index (χ1) is 16.5. The third-order valence-electron chi connectivity index (χ3n) is 5.57. The van der Waals surface area contributed by atoms with E-state index in [-0.39, 0.29) is 0 Å². The van der Waals surface area contributed by atoms with Crippen molar-refractivity contribution in [1.82, 2.24) is 0 Å². The van der Waals surface area contributed by atoms with Crippen LogP contribution in [0, 0.1) is 0 Å². The molecule has 0 nitrogen and oxygen atoms in total. The van der Waals surface area contributed by atoms with E-state index in [1.165, 1.54) is 21.2 Å². The fourth-order valence-electron chi connectivity index (χ4n) is 3.84. The Labute approximate surface area is 224 Å². The maximum Gasteiger partial charge on any atom is 0.0406 e. The molecule has 4 rings (SSSR count). The van der Waals surface area contributed by atoms with Crippen molar-refractivity contribution in [2.75, 3.05) is 12.3 Å². The number of benzene rings is 4. The molecule has 0 fully saturated rings. The van der Waals surface area contributed by atoms with Crippen molar-refractivity contribution in [3.05, 3.63) is 117 Å². The first-order valence-corrected chi connectivity index (χ1v) is 15.6. The molecule has 0 bridgehead atoms. The summed E-state index contributed by atoms with van der Waals surface area (Å²) in [6.07, 6.45) is 4.56. The molecule has 0 radical (unpaired) electrons. The minimum atomic E-state index is -0.469. The van der Waals surface area contributed by atoms with Crippen molar-refractivity contribution in [2.45, 2.75) is 12.8 Å². The van der Waals surface area contributed by atoms with Crippen LogP contribution in [0.2, 0.25) is 20.1 Å². The van der Waals surface area contributed by atoms with Crippen LogP contribution in [0.25, 0.3) is 0 Å². The summed E-state index contributed by atoms with van der Waals surface area (Å²) in [7, 11) is -0.937. The molecule has 0 atom stereocenters. The van der Waals surface area contributed by atoms with Crippen LogP contribution in [0.5, 0.6) is 0 Å². The molecule has 4 aromatic rings. The maximum absolute atomic E-state index is 6.16. The number of hydrogen-bond acceptors (Lipinski definition) is 0. The number of halogens is 4. The summed E-state index contributed by atoms with van der Waals surface area (Å²) in [6, 6.07) is 33.2. The zero-order chi connectivity index (χ0) is 23.9. The van der Waals surface area contributed by atoms with Crippen LogP contribution in [0.4, 0.5) is 0 Å². The second-order valence-corrected chi connectivity index (χ2v) is 14.3. The van der Waals surface area contributed by atoms with Crippen molar-refractivity contribution in [3.63, 3.8) is 0 Å². The highest BCUT2D eigenvalue weighted by atomic mass is 35.5. The van der Waals surface area contributed by atoms with E-state index in [1.54, 1.807) is 0 Å². The van der Waals surface area contributed by atoms with Crippen molar-refractivity contribution < 1.29 is 0 Å². The highest BCUT2D eigenvalue weighted by molar-refractivity contribution is 7.73. The van der Waals surface area contributed by atoms with Gasteiger partial charge in [-0.1, -0.05) is 94.9 Å². The van der Waals surface area contributed by atoms with Crippen LogP contribution in [0.15, 0.2) is 97.1 Å². The van der Waals surface area contributed by atoms with Crippen LogP contribution in [0.3, 0.4) is 0 Å². The number of unbranched alkanes of at least 4 members (excludes halogenated alkanes) is 1. The summed E-state index contributed by atoms with van der Waals surface area (Å²) in [5.74, 6) is 0. The minimum absolute atomic E-state index is 0.469. The first kappa shape index (κ1) is 26.0. The SMILES string of the molecule is Clc1ccc(P(CCCCP(c2ccc(Cl)cc2)c2ccc(Cl)cc2)c2ccc(Cl)cc2)cc1. The summed E-state index contributed by atoms with van der Waals surface area (Å²) >= 11 is 24.6. The number of rotatable bonds is 9. The summed E-state index contributed by atoms with van der Waals surface area (Å²) in [4.78, 5) is 0. The maximum atomic E-state index is 6.16. The van der Waals surface area contributed by atoms with Gasteiger partial charge in [0.05, 0.1) is 0 Å². The lowest BCUT2D eigenvalue weighted by Crippen LogP contribution is -2.16. The number of hydrogen-bond donors (Lipinski definition) is 0. The van der Waals surface area contributed by atoms with E-state index in [4.69, 9.17) is 46.4 Å². The molecule has 0 unspecified atom stereocenters. The Hall–Kier alpha value is -1.10. The molecule has 0 aliphatic heterocycles. The van der Waals surface area contributed by atoms with Crippen LogP contribution in [-0.4, -0.2) is 12.3 Å². The molecule has 34 heavy (non-hydrogen) atoms. The molecule has 0 saturated carbocycles. The van der Waals surface area contributed by atoms with E-state index >= 15 is 0 Å². The van der Waals surface area contributed by atoms with Crippen LogP contribution in [0.1, 0.15) is 12.8 Å². The zero-order valence-electron chi connectivity index (χ0n) is 18.5. The minimum Gasteiger partial charge on any atom is -0.0843 e. The first-order valence-electron chi connectivity index (χ1n) is 11.1. The molecule has 0 saturated heterocycles. The Bertz CT molecular complexity index is 987. The van der Waals surface area contributed by atoms with Crippen molar-refractivity contribution in [2.24, 2.45) is 0 Å². The second-order valence-electron chi connectivity index (χ2n) is 7.92. The Morgan fingerprint density at radius 1 is 0.353 bits per heavy atom. The summed E-state index contributed by atoms with van der Waals surface area (Å²) < 4.78 is 0. The molecular weight excluding hydrogens is 540 g/mol. The average Bonchev–Trinajstić information content (AvgIpc) is 2.85. The lowest BCUT2D eigenvalue weighted by atomic mass is 10.3. The van der Waals surface area contributed by atoms with E-state index in [0.29, 0.717) is 0 Å². The van der Waals surface area contributed by atoms with Gasteiger partial charge in [-0.05, 0) is 111 Å². The van der Waals surface area contributed by atoms with Gasteiger partial charge in [0.15, 0.2) is 0 Å². The molecule has 0 aromatic heterocycles. The van der Waals surface area contributed by atoms with Gasteiger partial charge in [0, 0.05) is 20.1 Å². The van der Waals surface area contributed by atoms with Gasteiger partial charge in [-0.25, -0.2) is 0 Å². The molecule has 0 aliphatic carbocycles. The van der Waals surface area contributed by atoms with Gasteiger partial charge in [-0.3, -0.25) is 0 Å². The van der Waals surface area contributed by atoms with E-state index in [0.717, 1.165) is 45.3 Å². The monoisotopic (exact) mass is 562 g/mol. The summed E-state index contributed by atoms with van der Waals surface area (Å²) in [5.41, 5.74) is 0. The van der Waals surface area contributed by atoms with Crippen LogP contribution in [-0.2, 0) is 0 Å². The Balaban J connectivity index is 1.48. The van der Waals surface area contributed by atoms with Gasteiger partial charge < -0.3 is 0 Å². The molecule has 6 heteroatoms. The molecule has 0 N–H and O–H groups in total. The molecular formula is C28H24Cl4P2. The van der Waals surface area contributed by atoms with Gasteiger partial charge in [0.25, 0.3) is 0 Å². The molecule has 0 amide bonds. The third-order valence-corrected chi connectivity index (χ3v) is 11.8. The fourth-order valence-corrected chi connectivity index (χ4v) is 9.09. The van der Waals surface area contributed by atoms with Crippen molar-refractivity contribution in [1.29, 1.82) is 0 Å². The largest absolute Gasteiger partial charge is 0.0843 e. The molecule has 0 spiro atoms. The fraction of sp³-hybridized carbons (Fsp3) is 0.143. The predicted molar refractivity (Wildman–Crippen MR) is 157 cm³/mol. The highest BCUT2D eigenvalue weighted by Crippen LogP contribution is 2.39. The van der Waals surface area contributed by atoms with Gasteiger partial charge in [0.2, 0.25) is 0 Å². The second kappa shape index (κ2) is 12.7. The highest BCUT2D eigenvalue weighted by Gasteiger charge is 2.17. The Kier molecular flexibility index (Phi) is 9.73. The lowest BCUT2D eigenvalue weighted by molar-refractivity contribution is 0.902. The molecule has 4 aromatic carbocycles. The van der Waals surface area contributed by atoms with Crippen LogP contribution >= 0.6 is 62.2 Å². The molecule has 0 heterocycles. The predicted octanol–water partition coefficient (Wildman–Crippen LogP) is 8.65. The third kappa shape index (κ3) is 7.21. The van der Waals surface area contributed by atoms with Crippen molar-refractivity contribution in [3.8, 4) is 0 Å². The van der Waals surface area contributed by atoms with Gasteiger partial charge in [-0.15, -0.1) is 0 Å². The van der Waals surface area contributed by atoms with E-state index in [1.807, 2.05) is 48.5 Å². The topological polar surface area (TPSA) is 0 Å². The molecule has 174 valence electrons. The normalized spacial score (nSPS) is 11.4. The summed E-state index contributed by atoms with van der Waals surface area (Å²) in [5, 5.41) is 8.47. The average molecular weight is 564 g/mol. The standard InChI is InChI=1S/C28H24Cl4P2/c29-21-3-11-25(12-4-21)33(26-13-5-22(30)6-14-26)19-1-2-20-34(27-15-7-23(31)8-16-27)28-17-9-24(32)10-18-28/h3-18H,1-2,19-20H2. The van der Waals surface area contributed by atoms with E-state index in [9.17, 15) is 0 Å². The quantitative estimate of drug-likeness (QED) is 0.141. The van der Waals surface area contributed by atoms with Crippen LogP contribution < -0.4 is 21.2 Å². The summed E-state index contributed by atoms with van der Waals surface area (Å²) in [6.45, 7) is 0. The van der Waals surface area contributed by atoms with E-state index < -0.39 is 15.8 Å². The molecule has 0 aliphatic rings. The van der Waals surface area contributed by atoms with Gasteiger partial charge in [-0.2, -0.15) is 0 Å². The Morgan fingerprint density at radius 2 is 0.559 bits per heavy atom. The Morgan fingerprint density at radius 3 is 0.765 bits per heavy atom. The van der Waals surface area contributed by atoms with Gasteiger partial charge >= 0.3 is 0 Å².